The van der Waals surface area contributed by atoms with Gasteiger partial charge in [-0.05, 0) is 23.8 Å². The van der Waals surface area contributed by atoms with Crippen molar-refractivity contribution in [1.29, 1.82) is 0 Å². The highest BCUT2D eigenvalue weighted by molar-refractivity contribution is 6.38. The molecule has 1 aliphatic heterocycles. The first-order valence-corrected chi connectivity index (χ1v) is 8.69. The number of ether oxygens (including phenoxy) is 1. The number of hydrogen-bond acceptors (Lipinski definition) is 5. The Hall–Kier alpha value is -3.21. The molecule has 1 heterocycles. The van der Waals surface area contributed by atoms with Crippen LogP contribution in [-0.4, -0.2) is 30.7 Å². The third kappa shape index (κ3) is 4.67. The number of hydrogen-bond donors (Lipinski definition) is 2. The van der Waals surface area contributed by atoms with Crippen molar-refractivity contribution in [2.45, 2.75) is 25.1 Å². The standard InChI is InChI=1S/C19H17F5N4O2/c20-14-7-2-1-6-13(14)17-26-16(15(25)29)27-28(17)12-5-3-4-11(8-12)9-30-10-19(23,24)18(21)22/h1-8,17-18H,9-10H2,(H2,25,29)(H,26,27). The second kappa shape index (κ2) is 8.66. The number of halogens is 5. The first-order chi connectivity index (χ1) is 14.2. The van der Waals surface area contributed by atoms with Crippen molar-refractivity contribution in [3.05, 3.63) is 65.5 Å². The topological polar surface area (TPSA) is 80.0 Å². The highest BCUT2D eigenvalue weighted by atomic mass is 19.3. The summed E-state index contributed by atoms with van der Waals surface area (Å²) in [7, 11) is 0. The zero-order chi connectivity index (χ0) is 21.9. The van der Waals surface area contributed by atoms with Crippen LogP contribution in [0.4, 0.5) is 27.6 Å². The molecule has 0 fully saturated rings. The lowest BCUT2D eigenvalue weighted by molar-refractivity contribution is -0.168. The first-order valence-electron chi connectivity index (χ1n) is 8.69. The van der Waals surface area contributed by atoms with E-state index in [-0.39, 0.29) is 18.0 Å². The molecular weight excluding hydrogens is 411 g/mol. The first kappa shape index (κ1) is 21.5. The van der Waals surface area contributed by atoms with Crippen molar-refractivity contribution in [3.63, 3.8) is 0 Å². The van der Waals surface area contributed by atoms with Crippen LogP contribution in [0.1, 0.15) is 17.3 Å². The third-order valence-electron chi connectivity index (χ3n) is 4.21. The number of rotatable bonds is 8. The molecule has 1 amide bonds. The largest absolute Gasteiger partial charge is 0.370 e. The van der Waals surface area contributed by atoms with Gasteiger partial charge in [-0.1, -0.05) is 30.3 Å². The van der Waals surface area contributed by atoms with Crippen molar-refractivity contribution in [2.24, 2.45) is 10.7 Å². The lowest BCUT2D eigenvalue weighted by atomic mass is 10.1. The number of anilines is 1. The molecule has 2 aromatic rings. The fourth-order valence-electron chi connectivity index (χ4n) is 2.77. The van der Waals surface area contributed by atoms with Gasteiger partial charge in [-0.15, -0.1) is 0 Å². The minimum Gasteiger partial charge on any atom is -0.370 e. The van der Waals surface area contributed by atoms with Crippen molar-refractivity contribution in [3.8, 4) is 0 Å². The Labute approximate surface area is 168 Å². The zero-order valence-electron chi connectivity index (χ0n) is 15.4. The summed E-state index contributed by atoms with van der Waals surface area (Å²) in [6, 6.07) is 12.0. The van der Waals surface area contributed by atoms with Gasteiger partial charge in [-0.3, -0.25) is 15.2 Å². The fraction of sp³-hybridized carbons (Fsp3) is 0.263. The summed E-state index contributed by atoms with van der Waals surface area (Å²) in [6.07, 6.45) is -4.79. The average molecular weight is 428 g/mol. The Kier molecular flexibility index (Phi) is 6.20. The number of carbonyl (C=O) groups is 1. The van der Waals surface area contributed by atoms with Crippen LogP contribution < -0.4 is 16.2 Å². The molecule has 2 aromatic carbocycles. The molecule has 11 heteroatoms. The Morgan fingerprint density at radius 2 is 1.97 bits per heavy atom. The monoisotopic (exact) mass is 428 g/mol. The van der Waals surface area contributed by atoms with E-state index in [1.807, 2.05) is 0 Å². The van der Waals surface area contributed by atoms with Gasteiger partial charge < -0.3 is 10.5 Å². The summed E-state index contributed by atoms with van der Waals surface area (Å²) in [5.74, 6) is -5.86. The van der Waals surface area contributed by atoms with E-state index in [4.69, 9.17) is 10.5 Å². The Morgan fingerprint density at radius 3 is 2.63 bits per heavy atom. The minimum atomic E-state index is -4.26. The Morgan fingerprint density at radius 1 is 1.23 bits per heavy atom. The molecule has 0 aliphatic carbocycles. The quantitative estimate of drug-likeness (QED) is 0.634. The molecule has 3 rings (SSSR count). The number of amidine groups is 1. The van der Waals surface area contributed by atoms with E-state index in [1.165, 1.54) is 35.3 Å². The number of carbonyl (C=O) groups excluding carboxylic acids is 1. The van der Waals surface area contributed by atoms with E-state index in [9.17, 15) is 26.7 Å². The predicted octanol–water partition coefficient (Wildman–Crippen LogP) is 3.15. The summed E-state index contributed by atoms with van der Waals surface area (Å²) in [6.45, 7) is -1.80. The lowest BCUT2D eigenvalue weighted by Crippen LogP contribution is -2.42. The van der Waals surface area contributed by atoms with Gasteiger partial charge in [0, 0.05) is 5.56 Å². The van der Waals surface area contributed by atoms with Crippen LogP contribution in [0.15, 0.2) is 53.5 Å². The van der Waals surface area contributed by atoms with Gasteiger partial charge in [0.05, 0.1) is 12.3 Å². The number of benzene rings is 2. The van der Waals surface area contributed by atoms with E-state index in [0.29, 0.717) is 11.3 Å². The summed E-state index contributed by atoms with van der Waals surface area (Å²) in [5.41, 5.74) is 8.91. The molecule has 3 N–H and O–H groups in total. The molecule has 1 atom stereocenters. The molecule has 0 bridgehead atoms. The maximum absolute atomic E-state index is 14.3. The van der Waals surface area contributed by atoms with Gasteiger partial charge in [0.15, 0.2) is 6.17 Å². The molecule has 160 valence electrons. The number of primary amides is 1. The van der Waals surface area contributed by atoms with E-state index >= 15 is 0 Å². The van der Waals surface area contributed by atoms with Crippen LogP contribution in [0, 0.1) is 5.82 Å². The van der Waals surface area contributed by atoms with Crippen molar-refractivity contribution in [1.82, 2.24) is 5.43 Å². The summed E-state index contributed by atoms with van der Waals surface area (Å²) < 4.78 is 69.4. The maximum atomic E-state index is 14.3. The van der Waals surface area contributed by atoms with Gasteiger partial charge in [0.2, 0.25) is 5.84 Å². The van der Waals surface area contributed by atoms with E-state index < -0.39 is 36.8 Å². The van der Waals surface area contributed by atoms with Crippen LogP contribution >= 0.6 is 0 Å². The van der Waals surface area contributed by atoms with E-state index in [1.54, 1.807) is 18.2 Å². The number of nitrogens with two attached hydrogens (primary N) is 1. The molecular formula is C19H17F5N4O2. The molecule has 0 radical (unpaired) electrons. The van der Waals surface area contributed by atoms with Crippen LogP contribution in [0.3, 0.4) is 0 Å². The smallest absolute Gasteiger partial charge is 0.330 e. The number of amides is 1. The number of alkyl halides is 4. The van der Waals surface area contributed by atoms with Crippen LogP contribution in [-0.2, 0) is 16.1 Å². The molecule has 1 unspecified atom stereocenters. The third-order valence-corrected chi connectivity index (χ3v) is 4.21. The van der Waals surface area contributed by atoms with Gasteiger partial charge >= 0.3 is 12.3 Å². The molecule has 1 aliphatic rings. The number of hydrazine groups is 1. The fourth-order valence-corrected chi connectivity index (χ4v) is 2.77. The normalized spacial score (nSPS) is 16.5. The molecule has 6 nitrogen and oxygen atoms in total. The molecule has 0 aromatic heterocycles. The SMILES string of the molecule is NC(=O)C1=NC(c2ccccc2F)N(c2cccc(COCC(F)(F)C(F)F)c2)N1. The number of aliphatic imine (C=N–C) groups is 1. The van der Waals surface area contributed by atoms with Crippen LogP contribution in [0.2, 0.25) is 0 Å². The van der Waals surface area contributed by atoms with Crippen LogP contribution in [0.5, 0.6) is 0 Å². The minimum absolute atomic E-state index is 0.166. The van der Waals surface area contributed by atoms with Gasteiger partial charge in [-0.25, -0.2) is 18.2 Å². The van der Waals surface area contributed by atoms with Crippen molar-refractivity contribution < 1.29 is 31.5 Å². The van der Waals surface area contributed by atoms with Gasteiger partial charge in [0.1, 0.15) is 12.4 Å². The van der Waals surface area contributed by atoms with Gasteiger partial charge in [0.25, 0.3) is 5.91 Å². The van der Waals surface area contributed by atoms with E-state index in [0.717, 1.165) is 0 Å². The van der Waals surface area contributed by atoms with Crippen molar-refractivity contribution >= 4 is 17.4 Å². The Bertz CT molecular complexity index is 954. The molecule has 30 heavy (non-hydrogen) atoms. The van der Waals surface area contributed by atoms with Gasteiger partial charge in [-0.2, -0.15) is 8.78 Å². The summed E-state index contributed by atoms with van der Waals surface area (Å²) in [4.78, 5) is 15.7. The maximum Gasteiger partial charge on any atom is 0.330 e. The zero-order valence-corrected chi connectivity index (χ0v) is 15.4. The number of nitrogens with zero attached hydrogens (tertiary/aromatic N) is 2. The summed E-state index contributed by atoms with van der Waals surface area (Å²) >= 11 is 0. The lowest BCUT2D eigenvalue weighted by Gasteiger charge is -2.26. The molecule has 0 saturated heterocycles. The second-order valence-electron chi connectivity index (χ2n) is 6.44. The van der Waals surface area contributed by atoms with Crippen LogP contribution in [0.25, 0.3) is 0 Å². The highest BCUT2D eigenvalue weighted by Crippen LogP contribution is 2.32. The molecule has 0 spiro atoms. The van der Waals surface area contributed by atoms with Crippen molar-refractivity contribution in [2.75, 3.05) is 11.6 Å². The number of nitrogens with one attached hydrogen (secondary N) is 1. The predicted molar refractivity (Wildman–Crippen MR) is 98.4 cm³/mol. The second-order valence-corrected chi connectivity index (χ2v) is 6.44. The van der Waals surface area contributed by atoms with E-state index in [2.05, 4.69) is 10.4 Å². The molecule has 0 saturated carbocycles. The average Bonchev–Trinajstić information content (AvgIpc) is 3.14. The summed E-state index contributed by atoms with van der Waals surface area (Å²) in [5, 5.41) is 1.37. The highest BCUT2D eigenvalue weighted by Gasteiger charge is 2.41. The Balaban J connectivity index is 1.81.